The normalized spacial score (nSPS) is 20.5. The van der Waals surface area contributed by atoms with Gasteiger partial charge in [0.25, 0.3) is 0 Å². The molecule has 2 heterocycles. The number of piperidine rings is 1. The number of benzene rings is 1. The van der Waals surface area contributed by atoms with Crippen molar-refractivity contribution in [3.8, 4) is 0 Å². The summed E-state index contributed by atoms with van der Waals surface area (Å²) in [5.41, 5.74) is 1.31. The van der Waals surface area contributed by atoms with Gasteiger partial charge in [-0.05, 0) is 51.5 Å². The van der Waals surface area contributed by atoms with Gasteiger partial charge >= 0.3 is 6.09 Å². The van der Waals surface area contributed by atoms with Gasteiger partial charge in [-0.25, -0.2) is 4.79 Å². The predicted octanol–water partition coefficient (Wildman–Crippen LogP) is 1.92. The molecule has 0 bridgehead atoms. The number of rotatable bonds is 3. The topological polar surface area (TPSA) is 91.0 Å². The molecule has 1 atom stereocenters. The maximum Gasteiger partial charge on any atom is 0.411 e. The molecule has 8 heteroatoms. The SMILES string of the molecule is CC(C)(C)OC(=O)N1CCN(c2ccc(NC3CCC(=O)NC3=O)cc2)C1. The predicted molar refractivity (Wildman–Crippen MR) is 101 cm³/mol. The van der Waals surface area contributed by atoms with Crippen LogP contribution in [-0.4, -0.2) is 54.2 Å². The molecule has 2 fully saturated rings. The molecule has 27 heavy (non-hydrogen) atoms. The second kappa shape index (κ2) is 7.46. The Labute approximate surface area is 158 Å². The highest BCUT2D eigenvalue weighted by Gasteiger charge is 2.29. The van der Waals surface area contributed by atoms with E-state index in [9.17, 15) is 14.4 Å². The third kappa shape index (κ3) is 4.90. The highest BCUT2D eigenvalue weighted by Crippen LogP contribution is 2.23. The van der Waals surface area contributed by atoms with Crippen molar-refractivity contribution in [2.75, 3.05) is 30.0 Å². The fraction of sp³-hybridized carbons (Fsp3) is 0.526. The summed E-state index contributed by atoms with van der Waals surface area (Å²) in [6, 6.07) is 7.30. The third-order valence-corrected chi connectivity index (χ3v) is 4.45. The molecular formula is C19H26N4O4. The van der Waals surface area contributed by atoms with Crippen molar-refractivity contribution in [3.63, 3.8) is 0 Å². The summed E-state index contributed by atoms with van der Waals surface area (Å²) in [6.45, 7) is 7.39. The molecule has 0 saturated carbocycles. The van der Waals surface area contributed by atoms with E-state index in [1.54, 1.807) is 4.90 Å². The summed E-state index contributed by atoms with van der Waals surface area (Å²) in [4.78, 5) is 39.0. The number of nitrogens with one attached hydrogen (secondary N) is 2. The van der Waals surface area contributed by atoms with E-state index >= 15 is 0 Å². The van der Waals surface area contributed by atoms with Gasteiger partial charge in [-0.2, -0.15) is 0 Å². The number of nitrogens with zero attached hydrogens (tertiary/aromatic N) is 2. The molecule has 2 saturated heterocycles. The first-order valence-corrected chi connectivity index (χ1v) is 9.14. The highest BCUT2D eigenvalue weighted by atomic mass is 16.6. The van der Waals surface area contributed by atoms with E-state index in [0.29, 0.717) is 26.1 Å². The van der Waals surface area contributed by atoms with Crippen LogP contribution in [0, 0.1) is 0 Å². The van der Waals surface area contributed by atoms with Gasteiger partial charge in [0.2, 0.25) is 11.8 Å². The molecule has 3 rings (SSSR count). The summed E-state index contributed by atoms with van der Waals surface area (Å²) in [6.07, 6.45) is 0.528. The van der Waals surface area contributed by atoms with Crippen LogP contribution in [0.4, 0.5) is 16.2 Å². The van der Waals surface area contributed by atoms with Crippen molar-refractivity contribution in [2.24, 2.45) is 0 Å². The fourth-order valence-electron chi connectivity index (χ4n) is 3.08. The number of imide groups is 1. The Bertz CT molecular complexity index is 726. The van der Waals surface area contributed by atoms with Gasteiger partial charge in [-0.15, -0.1) is 0 Å². The number of hydrogen-bond acceptors (Lipinski definition) is 6. The molecule has 0 radical (unpaired) electrons. The molecule has 8 nitrogen and oxygen atoms in total. The quantitative estimate of drug-likeness (QED) is 0.786. The van der Waals surface area contributed by atoms with Gasteiger partial charge in [0.15, 0.2) is 0 Å². The monoisotopic (exact) mass is 374 g/mol. The first-order chi connectivity index (χ1) is 12.7. The van der Waals surface area contributed by atoms with Crippen LogP contribution >= 0.6 is 0 Å². The van der Waals surface area contributed by atoms with Crippen LogP contribution in [0.25, 0.3) is 0 Å². The Morgan fingerprint density at radius 2 is 1.89 bits per heavy atom. The third-order valence-electron chi connectivity index (χ3n) is 4.45. The second-order valence-corrected chi connectivity index (χ2v) is 7.84. The first-order valence-electron chi connectivity index (χ1n) is 9.14. The van der Waals surface area contributed by atoms with E-state index < -0.39 is 11.6 Å². The van der Waals surface area contributed by atoms with Crippen molar-refractivity contribution in [2.45, 2.75) is 45.3 Å². The van der Waals surface area contributed by atoms with Crippen LogP contribution in [0.15, 0.2) is 24.3 Å². The summed E-state index contributed by atoms with van der Waals surface area (Å²) in [7, 11) is 0. The fourth-order valence-corrected chi connectivity index (χ4v) is 3.08. The first kappa shape index (κ1) is 19.0. The number of carbonyl (C=O) groups excluding carboxylic acids is 3. The summed E-state index contributed by atoms with van der Waals surface area (Å²) < 4.78 is 5.42. The second-order valence-electron chi connectivity index (χ2n) is 7.84. The van der Waals surface area contributed by atoms with Crippen molar-refractivity contribution in [1.29, 1.82) is 0 Å². The van der Waals surface area contributed by atoms with Crippen molar-refractivity contribution >= 4 is 29.3 Å². The minimum Gasteiger partial charge on any atom is -0.444 e. The van der Waals surface area contributed by atoms with E-state index in [1.165, 1.54) is 0 Å². The molecule has 2 aliphatic rings. The van der Waals surface area contributed by atoms with E-state index in [1.807, 2.05) is 45.0 Å². The molecule has 1 aromatic carbocycles. The van der Waals surface area contributed by atoms with Gasteiger partial charge in [0.1, 0.15) is 11.6 Å². The molecule has 3 amide bonds. The Balaban J connectivity index is 1.56. The zero-order valence-electron chi connectivity index (χ0n) is 15.9. The van der Waals surface area contributed by atoms with E-state index in [4.69, 9.17) is 4.74 Å². The maximum atomic E-state index is 12.2. The molecule has 2 aliphatic heterocycles. The number of ether oxygens (including phenoxy) is 1. The van der Waals surface area contributed by atoms with Crippen LogP contribution in [0.1, 0.15) is 33.6 Å². The molecular weight excluding hydrogens is 348 g/mol. The summed E-state index contributed by atoms with van der Waals surface area (Å²) >= 11 is 0. The van der Waals surface area contributed by atoms with Gasteiger partial charge in [-0.1, -0.05) is 0 Å². The lowest BCUT2D eigenvalue weighted by molar-refractivity contribution is -0.133. The molecule has 0 spiro atoms. The van der Waals surface area contributed by atoms with E-state index in [-0.39, 0.29) is 17.9 Å². The number of amides is 3. The zero-order valence-corrected chi connectivity index (χ0v) is 15.9. The Morgan fingerprint density at radius 3 is 2.52 bits per heavy atom. The molecule has 0 aromatic heterocycles. The smallest absolute Gasteiger partial charge is 0.411 e. The minimum atomic E-state index is -0.506. The highest BCUT2D eigenvalue weighted by molar-refractivity contribution is 6.01. The largest absolute Gasteiger partial charge is 0.444 e. The van der Waals surface area contributed by atoms with E-state index in [2.05, 4.69) is 15.5 Å². The van der Waals surface area contributed by atoms with E-state index in [0.717, 1.165) is 17.9 Å². The van der Waals surface area contributed by atoms with Crippen LogP contribution < -0.4 is 15.5 Å². The lowest BCUT2D eigenvalue weighted by atomic mass is 10.1. The number of anilines is 2. The van der Waals surface area contributed by atoms with Gasteiger partial charge in [0.05, 0.1) is 6.67 Å². The van der Waals surface area contributed by atoms with Crippen LogP contribution in [0.3, 0.4) is 0 Å². The van der Waals surface area contributed by atoms with Crippen molar-refractivity contribution in [1.82, 2.24) is 10.2 Å². The Kier molecular flexibility index (Phi) is 5.25. The van der Waals surface area contributed by atoms with Crippen LogP contribution in [-0.2, 0) is 14.3 Å². The lowest BCUT2D eigenvalue weighted by Gasteiger charge is -2.25. The molecule has 146 valence electrons. The van der Waals surface area contributed by atoms with Crippen molar-refractivity contribution < 1.29 is 19.1 Å². The standard InChI is InChI=1S/C19H26N4O4/c1-19(2,3)27-18(26)23-11-10-22(12-23)14-6-4-13(5-7-14)20-15-8-9-16(24)21-17(15)25/h4-7,15,20H,8-12H2,1-3H3,(H,21,24,25). The average Bonchev–Trinajstić information content (AvgIpc) is 3.07. The maximum absolute atomic E-state index is 12.2. The van der Waals surface area contributed by atoms with Crippen molar-refractivity contribution in [3.05, 3.63) is 24.3 Å². The van der Waals surface area contributed by atoms with Gasteiger partial charge < -0.3 is 15.0 Å². The number of carbonyl (C=O) groups is 3. The summed E-state index contributed by atoms with van der Waals surface area (Å²) in [5.74, 6) is -0.514. The lowest BCUT2D eigenvalue weighted by Crippen LogP contribution is -2.47. The van der Waals surface area contributed by atoms with Crippen LogP contribution in [0.2, 0.25) is 0 Å². The molecule has 2 N–H and O–H groups in total. The minimum absolute atomic E-state index is 0.225. The van der Waals surface area contributed by atoms with Gasteiger partial charge in [0, 0.05) is 30.9 Å². The van der Waals surface area contributed by atoms with Gasteiger partial charge in [-0.3, -0.25) is 19.8 Å². The Morgan fingerprint density at radius 1 is 1.19 bits per heavy atom. The van der Waals surface area contributed by atoms with Crippen LogP contribution in [0.5, 0.6) is 0 Å². The zero-order chi connectivity index (χ0) is 19.6. The molecule has 1 unspecified atom stereocenters. The Hall–Kier alpha value is -2.77. The molecule has 1 aromatic rings. The summed E-state index contributed by atoms with van der Waals surface area (Å²) in [5, 5.41) is 5.49. The number of hydrogen-bond donors (Lipinski definition) is 2. The average molecular weight is 374 g/mol. The molecule has 0 aliphatic carbocycles.